The minimum absolute atomic E-state index is 0.106. The number of ether oxygens (including phenoxy) is 2. The molecule has 0 atom stereocenters. The molecule has 0 bridgehead atoms. The maximum atomic E-state index is 12.7. The highest BCUT2D eigenvalue weighted by atomic mass is 19.4. The highest BCUT2D eigenvalue weighted by Gasteiger charge is 2.30. The molecule has 0 aliphatic rings. The van der Waals surface area contributed by atoms with E-state index in [0.29, 0.717) is 18.6 Å². The molecule has 0 spiro atoms. The second kappa shape index (κ2) is 14.3. The van der Waals surface area contributed by atoms with Gasteiger partial charge in [-0.1, -0.05) is 66.5 Å². The molecule has 0 fully saturated rings. The first-order valence-electron chi connectivity index (χ1n) is 10.5. The van der Waals surface area contributed by atoms with Crippen molar-refractivity contribution in [2.24, 2.45) is 0 Å². The Balaban J connectivity index is 1.57. The summed E-state index contributed by atoms with van der Waals surface area (Å²) in [7, 11) is 0. The number of para-hydroxylation sites is 1. The minimum atomic E-state index is -4.38. The van der Waals surface area contributed by atoms with Crippen LogP contribution >= 0.6 is 0 Å². The number of halogens is 3. The second-order valence-corrected chi connectivity index (χ2v) is 6.87. The average molecular weight is 470 g/mol. The predicted octanol–water partition coefficient (Wildman–Crippen LogP) is 6.70. The summed E-state index contributed by atoms with van der Waals surface area (Å²) >= 11 is 0. The van der Waals surface area contributed by atoms with E-state index in [-0.39, 0.29) is 24.5 Å². The summed E-state index contributed by atoms with van der Waals surface area (Å²) in [6.45, 7) is 0.307. The topological polar surface area (TPSA) is 55.8 Å². The lowest BCUT2D eigenvalue weighted by Gasteiger charge is -2.08. The van der Waals surface area contributed by atoms with Gasteiger partial charge < -0.3 is 14.6 Å². The van der Waals surface area contributed by atoms with Crippen LogP contribution < -0.4 is 9.47 Å². The molecule has 0 aliphatic carbocycles. The molecular formula is C27H25F3O4. The van der Waals surface area contributed by atoms with E-state index in [4.69, 9.17) is 14.6 Å². The van der Waals surface area contributed by atoms with Crippen LogP contribution in [0.4, 0.5) is 13.2 Å². The zero-order valence-corrected chi connectivity index (χ0v) is 18.4. The van der Waals surface area contributed by atoms with Crippen molar-refractivity contribution in [3.8, 4) is 23.3 Å². The molecular weight excluding hydrogens is 445 g/mol. The number of alkyl halides is 3. The Morgan fingerprint density at radius 1 is 0.882 bits per heavy atom. The Hall–Kier alpha value is -3.92. The van der Waals surface area contributed by atoms with Crippen molar-refractivity contribution >= 4 is 5.97 Å². The summed E-state index contributed by atoms with van der Waals surface area (Å²) in [6.07, 6.45) is 9.13. The van der Waals surface area contributed by atoms with Crippen molar-refractivity contribution in [1.29, 1.82) is 0 Å². The van der Waals surface area contributed by atoms with E-state index >= 15 is 0 Å². The van der Waals surface area contributed by atoms with Gasteiger partial charge in [-0.15, -0.1) is 0 Å². The first kappa shape index (κ1) is 26.3. The van der Waals surface area contributed by atoms with Crippen molar-refractivity contribution in [3.05, 3.63) is 96.1 Å². The maximum absolute atomic E-state index is 12.7. The van der Waals surface area contributed by atoms with Gasteiger partial charge in [-0.3, -0.25) is 0 Å². The number of carboxylic acid groups (broad SMARTS) is 1. The van der Waals surface area contributed by atoms with Gasteiger partial charge in [-0.2, -0.15) is 13.2 Å². The van der Waals surface area contributed by atoms with Gasteiger partial charge in [-0.25, -0.2) is 4.79 Å². The molecule has 0 saturated heterocycles. The Labute approximate surface area is 197 Å². The van der Waals surface area contributed by atoms with Gasteiger partial charge in [0.25, 0.3) is 0 Å². The van der Waals surface area contributed by atoms with Crippen LogP contribution in [-0.4, -0.2) is 24.3 Å². The third-order valence-electron chi connectivity index (χ3n) is 4.31. The Kier molecular flexibility index (Phi) is 11.1. The van der Waals surface area contributed by atoms with Gasteiger partial charge >= 0.3 is 12.1 Å². The molecule has 0 radical (unpaired) electrons. The van der Waals surface area contributed by atoms with Crippen LogP contribution in [0.25, 0.3) is 0 Å². The second-order valence-electron chi connectivity index (χ2n) is 6.87. The molecule has 2 rings (SSSR count). The number of rotatable bonds is 11. The summed E-state index contributed by atoms with van der Waals surface area (Å²) in [6, 6.07) is 11.2. The largest absolute Gasteiger partial charge is 0.490 e. The van der Waals surface area contributed by atoms with Gasteiger partial charge in [0.15, 0.2) is 0 Å². The molecule has 34 heavy (non-hydrogen) atoms. The van der Waals surface area contributed by atoms with Crippen LogP contribution in [-0.2, 0) is 6.18 Å². The fourth-order valence-corrected chi connectivity index (χ4v) is 2.67. The Morgan fingerprint density at radius 3 is 2.32 bits per heavy atom. The monoisotopic (exact) mass is 470 g/mol. The smallest absolute Gasteiger partial charge is 0.416 e. The lowest BCUT2D eigenvalue weighted by atomic mass is 10.2. The molecule has 0 unspecified atom stereocenters. The predicted molar refractivity (Wildman–Crippen MR) is 125 cm³/mol. The summed E-state index contributed by atoms with van der Waals surface area (Å²) < 4.78 is 48.7. The van der Waals surface area contributed by atoms with Crippen LogP contribution in [0.1, 0.15) is 35.2 Å². The van der Waals surface area contributed by atoms with E-state index in [1.165, 1.54) is 18.2 Å². The molecule has 7 heteroatoms. The fourth-order valence-electron chi connectivity index (χ4n) is 2.67. The number of carbonyl (C=O) groups is 1. The zero-order valence-electron chi connectivity index (χ0n) is 18.4. The summed E-state index contributed by atoms with van der Waals surface area (Å²) in [5.74, 6) is 5.21. The summed E-state index contributed by atoms with van der Waals surface area (Å²) in [5.41, 5.74) is -0.625. The highest BCUT2D eigenvalue weighted by molar-refractivity contribution is 5.90. The zero-order chi connectivity index (χ0) is 24.7. The van der Waals surface area contributed by atoms with Crippen molar-refractivity contribution in [3.63, 3.8) is 0 Å². The molecule has 4 nitrogen and oxygen atoms in total. The molecule has 0 heterocycles. The molecule has 0 saturated carbocycles. The van der Waals surface area contributed by atoms with E-state index in [1.807, 2.05) is 30.4 Å². The Morgan fingerprint density at radius 2 is 1.59 bits per heavy atom. The summed E-state index contributed by atoms with van der Waals surface area (Å²) in [4.78, 5) is 11.1. The third kappa shape index (κ3) is 10.1. The van der Waals surface area contributed by atoms with Crippen LogP contribution in [0.5, 0.6) is 11.5 Å². The number of hydrogen-bond acceptors (Lipinski definition) is 3. The van der Waals surface area contributed by atoms with E-state index in [0.717, 1.165) is 18.6 Å². The lowest BCUT2D eigenvalue weighted by molar-refractivity contribution is -0.137. The van der Waals surface area contributed by atoms with Gasteiger partial charge in [0, 0.05) is 6.42 Å². The SMILES string of the molecule is O=C(O)c1ccccc1OCC#CC/C=C\C/C=C\C/C=C\COc1cccc(C(F)(F)F)c1. The van der Waals surface area contributed by atoms with Crippen LogP contribution in [0.15, 0.2) is 85.0 Å². The number of benzene rings is 2. The molecule has 0 aliphatic heterocycles. The van der Waals surface area contributed by atoms with E-state index < -0.39 is 17.7 Å². The van der Waals surface area contributed by atoms with Gasteiger partial charge in [0.1, 0.15) is 30.3 Å². The Bertz CT molecular complexity index is 1070. The molecule has 178 valence electrons. The number of allylic oxidation sites excluding steroid dienone is 5. The summed E-state index contributed by atoms with van der Waals surface area (Å²) in [5, 5.41) is 9.08. The highest BCUT2D eigenvalue weighted by Crippen LogP contribution is 2.31. The van der Waals surface area contributed by atoms with Gasteiger partial charge in [0.2, 0.25) is 0 Å². The average Bonchev–Trinajstić information content (AvgIpc) is 2.81. The normalized spacial score (nSPS) is 11.6. The third-order valence-corrected chi connectivity index (χ3v) is 4.31. The molecule has 0 aromatic heterocycles. The first-order chi connectivity index (χ1) is 16.4. The standard InChI is InChI=1S/C27H25F3O4/c28-27(29,30)22-15-14-16-23(21-22)33-19-12-8-6-4-2-1-3-5-7-9-13-20-34-25-18-11-10-17-24(25)26(31)32/h2-5,8,10-12,14-18,21H,1,6-7,19-20H2,(H,31,32)/b4-2-,5-3-,12-8-. The number of carboxylic acids is 1. The van der Waals surface area contributed by atoms with E-state index in [9.17, 15) is 18.0 Å². The van der Waals surface area contributed by atoms with Gasteiger partial charge in [-0.05, 0) is 43.2 Å². The van der Waals surface area contributed by atoms with Crippen LogP contribution in [0.3, 0.4) is 0 Å². The fraction of sp³-hybridized carbons (Fsp3) is 0.222. The van der Waals surface area contributed by atoms with Crippen molar-refractivity contribution in [1.82, 2.24) is 0 Å². The number of hydrogen-bond donors (Lipinski definition) is 1. The number of aromatic carboxylic acids is 1. The first-order valence-corrected chi connectivity index (χ1v) is 10.5. The van der Waals surface area contributed by atoms with E-state index in [2.05, 4.69) is 11.8 Å². The van der Waals surface area contributed by atoms with Crippen LogP contribution in [0, 0.1) is 11.8 Å². The van der Waals surface area contributed by atoms with Crippen LogP contribution in [0.2, 0.25) is 0 Å². The quantitative estimate of drug-likeness (QED) is 0.293. The lowest BCUT2D eigenvalue weighted by Crippen LogP contribution is -2.05. The van der Waals surface area contributed by atoms with Gasteiger partial charge in [0.05, 0.1) is 5.56 Å². The molecule has 0 amide bonds. The molecule has 2 aromatic carbocycles. The van der Waals surface area contributed by atoms with Crippen molar-refractivity contribution in [2.45, 2.75) is 25.4 Å². The van der Waals surface area contributed by atoms with Crippen molar-refractivity contribution in [2.75, 3.05) is 13.2 Å². The maximum Gasteiger partial charge on any atom is 0.416 e. The minimum Gasteiger partial charge on any atom is -0.490 e. The van der Waals surface area contributed by atoms with Crippen molar-refractivity contribution < 1.29 is 32.5 Å². The van der Waals surface area contributed by atoms with E-state index in [1.54, 1.807) is 24.3 Å². The molecule has 2 aromatic rings. The molecule has 1 N–H and O–H groups in total.